The maximum atomic E-state index is 14.1. The van der Waals surface area contributed by atoms with Gasteiger partial charge in [0.2, 0.25) is 0 Å². The fraction of sp³-hybridized carbons (Fsp3) is 0.306. The second-order valence-electron chi connectivity index (χ2n) is 10.9. The minimum atomic E-state index is -0.752. The van der Waals surface area contributed by atoms with Crippen LogP contribution >= 0.6 is 0 Å². The van der Waals surface area contributed by atoms with Crippen molar-refractivity contribution in [2.75, 3.05) is 34.5 Å². The van der Waals surface area contributed by atoms with E-state index in [1.165, 1.54) is 14.0 Å². The number of ketones is 1. The van der Waals surface area contributed by atoms with Crippen LogP contribution in [0.1, 0.15) is 49.7 Å². The van der Waals surface area contributed by atoms with Crippen molar-refractivity contribution in [2.24, 2.45) is 0 Å². The van der Waals surface area contributed by atoms with Crippen molar-refractivity contribution in [2.45, 2.75) is 38.5 Å². The first kappa shape index (κ1) is 32.2. The lowest BCUT2D eigenvalue weighted by Crippen LogP contribution is -2.36. The van der Waals surface area contributed by atoms with E-state index >= 15 is 0 Å². The number of para-hydroxylation sites is 1. The van der Waals surface area contributed by atoms with E-state index in [2.05, 4.69) is 5.32 Å². The quantitative estimate of drug-likeness (QED) is 0.163. The van der Waals surface area contributed by atoms with Crippen molar-refractivity contribution in [1.29, 1.82) is 0 Å². The number of benzene rings is 3. The van der Waals surface area contributed by atoms with E-state index in [4.69, 9.17) is 28.4 Å². The Labute approximate surface area is 267 Å². The molecule has 240 valence electrons. The average Bonchev–Trinajstić information content (AvgIpc) is 3.06. The molecular weight excluding hydrogens is 590 g/mol. The molecule has 1 heterocycles. The normalized spacial score (nSPS) is 17.5. The number of nitrogens with one attached hydrogen (secondary N) is 1. The molecule has 0 spiro atoms. The zero-order valence-corrected chi connectivity index (χ0v) is 26.5. The van der Waals surface area contributed by atoms with Crippen LogP contribution in [0.5, 0.6) is 28.7 Å². The molecule has 5 rings (SSSR count). The van der Waals surface area contributed by atoms with Crippen LogP contribution in [0.15, 0.2) is 89.3 Å². The van der Waals surface area contributed by atoms with E-state index < -0.39 is 17.9 Å². The van der Waals surface area contributed by atoms with Gasteiger partial charge in [-0.15, -0.1) is 0 Å². The van der Waals surface area contributed by atoms with Crippen molar-refractivity contribution in [3.8, 4) is 28.7 Å². The summed E-state index contributed by atoms with van der Waals surface area (Å²) in [5.74, 6) is 0.314. The highest BCUT2D eigenvalue weighted by atomic mass is 16.6. The monoisotopic (exact) mass is 627 g/mol. The van der Waals surface area contributed by atoms with Crippen LogP contribution in [0.2, 0.25) is 0 Å². The number of Topliss-reactive ketones (excluding diaryl/α,β-unsaturated/α-hetero) is 1. The predicted octanol–water partition coefficient (Wildman–Crippen LogP) is 5.62. The number of rotatable bonds is 11. The molecule has 2 atom stereocenters. The third-order valence-corrected chi connectivity index (χ3v) is 8.03. The predicted molar refractivity (Wildman–Crippen MR) is 169 cm³/mol. The Morgan fingerprint density at radius 2 is 1.46 bits per heavy atom. The molecule has 1 aliphatic carbocycles. The Kier molecular flexibility index (Phi) is 9.95. The number of methoxy groups -OCH3 is 3. The summed E-state index contributed by atoms with van der Waals surface area (Å²) in [7, 11) is 4.61. The highest BCUT2D eigenvalue weighted by Gasteiger charge is 2.42. The van der Waals surface area contributed by atoms with Gasteiger partial charge in [0.25, 0.3) is 0 Å². The molecule has 0 saturated carbocycles. The summed E-state index contributed by atoms with van der Waals surface area (Å²) in [6.07, 6.45) is 0.752. The molecule has 10 nitrogen and oxygen atoms in total. The van der Waals surface area contributed by atoms with E-state index in [0.29, 0.717) is 51.8 Å². The van der Waals surface area contributed by atoms with Gasteiger partial charge in [0.1, 0.15) is 19.0 Å². The molecule has 0 amide bonds. The minimum absolute atomic E-state index is 0.00711. The van der Waals surface area contributed by atoms with Gasteiger partial charge >= 0.3 is 11.9 Å². The van der Waals surface area contributed by atoms with Crippen LogP contribution in [0.4, 0.5) is 0 Å². The molecule has 0 fully saturated rings. The first-order valence-electron chi connectivity index (χ1n) is 14.9. The number of allylic oxidation sites excluding steroid dienone is 3. The number of dihydropyridines is 1. The molecule has 2 unspecified atom stereocenters. The maximum Gasteiger partial charge on any atom is 0.336 e. The molecule has 1 aliphatic heterocycles. The SMILES string of the molecule is COc1ccc(C2CC(=O)C3=C(C2)NC(C)=C(C(=O)OCCOc2ccccc2)C3c2ccc(OC(C)=O)c(OC)c2)cc1OC. The first-order chi connectivity index (χ1) is 22.2. The van der Waals surface area contributed by atoms with Crippen molar-refractivity contribution in [3.05, 3.63) is 100 Å². The Hall–Kier alpha value is -5.25. The molecule has 3 aromatic carbocycles. The molecule has 1 N–H and O–H groups in total. The second-order valence-corrected chi connectivity index (χ2v) is 10.9. The molecule has 0 radical (unpaired) electrons. The number of hydrogen-bond donors (Lipinski definition) is 1. The third kappa shape index (κ3) is 6.86. The lowest BCUT2D eigenvalue weighted by molar-refractivity contribution is -0.140. The third-order valence-electron chi connectivity index (χ3n) is 8.03. The van der Waals surface area contributed by atoms with E-state index in [1.807, 2.05) is 48.5 Å². The molecule has 10 heteroatoms. The number of esters is 2. The van der Waals surface area contributed by atoms with Crippen LogP contribution in [0.3, 0.4) is 0 Å². The molecule has 2 aliphatic rings. The standard InChI is InChI=1S/C36H37NO9/c1-21-33(36(40)45-16-15-44-26-9-7-6-8-10-26)34(24-12-14-30(46-22(2)38)32(20-24)43-5)35-27(37-21)17-25(18-28(35)39)23-11-13-29(41-3)31(19-23)42-4/h6-14,19-20,25,34,37H,15-18H2,1-5H3. The topological polar surface area (TPSA) is 119 Å². The molecule has 0 aromatic heterocycles. The summed E-state index contributed by atoms with van der Waals surface area (Å²) >= 11 is 0. The minimum Gasteiger partial charge on any atom is -0.493 e. The zero-order chi connectivity index (χ0) is 32.8. The first-order valence-corrected chi connectivity index (χ1v) is 14.9. The number of carbonyl (C=O) groups is 3. The second kappa shape index (κ2) is 14.2. The Morgan fingerprint density at radius 1 is 0.804 bits per heavy atom. The Morgan fingerprint density at radius 3 is 2.15 bits per heavy atom. The Bertz CT molecular complexity index is 1690. The van der Waals surface area contributed by atoms with Crippen LogP contribution in [0, 0.1) is 0 Å². The number of hydrogen-bond acceptors (Lipinski definition) is 10. The summed E-state index contributed by atoms with van der Waals surface area (Å²) in [6, 6.07) is 19.9. The molecular formula is C36H37NO9. The maximum absolute atomic E-state index is 14.1. The van der Waals surface area contributed by atoms with Crippen molar-refractivity contribution >= 4 is 17.7 Å². The highest BCUT2D eigenvalue weighted by molar-refractivity contribution is 6.04. The fourth-order valence-electron chi connectivity index (χ4n) is 5.98. The van der Waals surface area contributed by atoms with Gasteiger partial charge in [0.05, 0.1) is 26.9 Å². The van der Waals surface area contributed by atoms with E-state index in [9.17, 15) is 14.4 Å². The summed E-state index contributed by atoms with van der Waals surface area (Å²) in [6.45, 7) is 3.26. The summed E-state index contributed by atoms with van der Waals surface area (Å²) in [4.78, 5) is 39.5. The van der Waals surface area contributed by atoms with Crippen LogP contribution in [-0.4, -0.2) is 52.3 Å². The number of ether oxygens (including phenoxy) is 6. The zero-order valence-electron chi connectivity index (χ0n) is 26.5. The van der Waals surface area contributed by atoms with Crippen LogP contribution in [0.25, 0.3) is 0 Å². The molecule has 0 bridgehead atoms. The molecule has 0 saturated heterocycles. The average molecular weight is 628 g/mol. The van der Waals surface area contributed by atoms with E-state index in [-0.39, 0.29) is 37.1 Å². The highest BCUT2D eigenvalue weighted by Crippen LogP contribution is 2.47. The van der Waals surface area contributed by atoms with E-state index in [1.54, 1.807) is 39.3 Å². The van der Waals surface area contributed by atoms with Gasteiger partial charge in [-0.25, -0.2) is 4.79 Å². The van der Waals surface area contributed by atoms with Crippen LogP contribution < -0.4 is 29.0 Å². The van der Waals surface area contributed by atoms with Gasteiger partial charge in [0.15, 0.2) is 28.8 Å². The lowest BCUT2D eigenvalue weighted by atomic mass is 9.71. The van der Waals surface area contributed by atoms with Gasteiger partial charge in [-0.3, -0.25) is 9.59 Å². The Balaban J connectivity index is 1.49. The largest absolute Gasteiger partial charge is 0.493 e. The van der Waals surface area contributed by atoms with Gasteiger partial charge in [-0.2, -0.15) is 0 Å². The summed E-state index contributed by atoms with van der Waals surface area (Å²) < 4.78 is 33.1. The molecule has 3 aromatic rings. The van der Waals surface area contributed by atoms with Gasteiger partial charge in [0, 0.05) is 36.2 Å². The van der Waals surface area contributed by atoms with E-state index in [0.717, 1.165) is 11.3 Å². The van der Waals surface area contributed by atoms with Gasteiger partial charge in [-0.1, -0.05) is 30.3 Å². The van der Waals surface area contributed by atoms with Crippen molar-refractivity contribution < 1.29 is 42.8 Å². The smallest absolute Gasteiger partial charge is 0.336 e. The number of carbonyl (C=O) groups excluding carboxylic acids is 3. The lowest BCUT2D eigenvalue weighted by Gasteiger charge is -2.37. The van der Waals surface area contributed by atoms with Gasteiger partial charge < -0.3 is 33.7 Å². The van der Waals surface area contributed by atoms with Crippen LogP contribution in [-0.2, 0) is 19.1 Å². The molecule has 46 heavy (non-hydrogen) atoms. The van der Waals surface area contributed by atoms with Crippen molar-refractivity contribution in [1.82, 2.24) is 5.32 Å². The van der Waals surface area contributed by atoms with Crippen molar-refractivity contribution in [3.63, 3.8) is 0 Å². The summed E-state index contributed by atoms with van der Waals surface area (Å²) in [5, 5.41) is 3.36. The fourth-order valence-corrected chi connectivity index (χ4v) is 5.98. The summed E-state index contributed by atoms with van der Waals surface area (Å²) in [5.41, 5.74) is 3.64. The van der Waals surface area contributed by atoms with Gasteiger partial charge in [-0.05, 0) is 66.8 Å².